The van der Waals surface area contributed by atoms with E-state index >= 15 is 0 Å². The van der Waals surface area contributed by atoms with Crippen LogP contribution in [0.15, 0.2) is 83.8 Å². The van der Waals surface area contributed by atoms with E-state index in [1.165, 1.54) is 28.6 Å². The fourth-order valence-corrected chi connectivity index (χ4v) is 4.07. The van der Waals surface area contributed by atoms with Crippen molar-refractivity contribution in [1.82, 2.24) is 39.6 Å². The summed E-state index contributed by atoms with van der Waals surface area (Å²) in [7, 11) is 1.49. The number of methoxy groups -OCH3 is 1. The molecule has 0 atom stereocenters. The molecule has 0 bridgehead atoms. The van der Waals surface area contributed by atoms with Crippen molar-refractivity contribution in [3.05, 3.63) is 106 Å². The van der Waals surface area contributed by atoms with Gasteiger partial charge in [0, 0.05) is 30.8 Å². The largest absolute Gasteiger partial charge is 0.491 e. The molecular weight excluding hydrogens is 524 g/mol. The molecular formula is C28H28N10O3. The van der Waals surface area contributed by atoms with Crippen LogP contribution in [0.3, 0.4) is 0 Å². The molecule has 0 aliphatic heterocycles. The lowest BCUT2D eigenvalue weighted by molar-refractivity contribution is 0.0956. The van der Waals surface area contributed by atoms with E-state index in [2.05, 4.69) is 41.7 Å². The number of hydrogen-bond donors (Lipinski definition) is 3. The highest BCUT2D eigenvalue weighted by Gasteiger charge is 2.17. The van der Waals surface area contributed by atoms with Crippen molar-refractivity contribution >= 4 is 23.9 Å². The highest BCUT2D eigenvalue weighted by atomic mass is 16.5. The number of nitrogens with two attached hydrogens (primary N) is 1. The van der Waals surface area contributed by atoms with Crippen LogP contribution in [-0.2, 0) is 6.54 Å². The molecule has 0 unspecified atom stereocenters. The Bertz CT molecular complexity index is 1690. The lowest BCUT2D eigenvalue weighted by atomic mass is 10.1. The fourth-order valence-electron chi connectivity index (χ4n) is 4.07. The van der Waals surface area contributed by atoms with E-state index in [9.17, 15) is 9.59 Å². The lowest BCUT2D eigenvalue weighted by Gasteiger charge is -2.09. The number of aromatic nitrogens is 7. The minimum Gasteiger partial charge on any atom is -0.491 e. The average Bonchev–Trinajstić information content (AvgIpc) is 3.36. The van der Waals surface area contributed by atoms with E-state index in [4.69, 9.17) is 10.5 Å². The molecule has 4 aromatic rings. The summed E-state index contributed by atoms with van der Waals surface area (Å²) in [5.41, 5.74) is 7.62. The van der Waals surface area contributed by atoms with Gasteiger partial charge in [-0.3, -0.25) is 14.6 Å². The van der Waals surface area contributed by atoms with E-state index < -0.39 is 11.5 Å². The Labute approximate surface area is 235 Å². The number of nitrogens with zero attached hydrogens (tertiary/aromatic N) is 7. The molecule has 0 fully saturated rings. The van der Waals surface area contributed by atoms with Crippen molar-refractivity contribution in [1.29, 1.82) is 0 Å². The number of hydrogen-bond acceptors (Lipinski definition) is 10. The van der Waals surface area contributed by atoms with E-state index in [1.807, 2.05) is 18.2 Å². The molecule has 4 aromatic heterocycles. The molecule has 4 heterocycles. The summed E-state index contributed by atoms with van der Waals surface area (Å²) in [5.74, 6) is 0.958. The number of carbonyl (C=O) groups is 1. The van der Waals surface area contributed by atoms with Crippen LogP contribution in [0, 0.1) is 0 Å². The second kappa shape index (κ2) is 12.5. The predicted molar refractivity (Wildman–Crippen MR) is 153 cm³/mol. The number of pyridine rings is 2. The maximum Gasteiger partial charge on any atom is 0.263 e. The molecule has 0 saturated carbocycles. The first-order valence-corrected chi connectivity index (χ1v) is 12.8. The van der Waals surface area contributed by atoms with Crippen molar-refractivity contribution in [3.8, 4) is 11.6 Å². The number of ether oxygens (including phenoxy) is 1. The molecule has 0 spiro atoms. The van der Waals surface area contributed by atoms with E-state index in [-0.39, 0.29) is 18.1 Å². The highest BCUT2D eigenvalue weighted by molar-refractivity contribution is 5.93. The molecule has 13 heteroatoms. The third-order valence-corrected chi connectivity index (χ3v) is 6.08. The fraction of sp³-hybridized carbons (Fsp3) is 0.179. The average molecular weight is 553 g/mol. The van der Waals surface area contributed by atoms with Crippen LogP contribution in [0.5, 0.6) is 5.75 Å². The third kappa shape index (κ3) is 6.53. The zero-order valence-electron chi connectivity index (χ0n) is 22.3. The molecule has 13 nitrogen and oxygen atoms in total. The normalized spacial score (nSPS) is 12.8. The van der Waals surface area contributed by atoms with Gasteiger partial charge in [-0.05, 0) is 48.8 Å². The van der Waals surface area contributed by atoms with E-state index in [1.54, 1.807) is 42.9 Å². The summed E-state index contributed by atoms with van der Waals surface area (Å²) in [6, 6.07) is 6.81. The summed E-state index contributed by atoms with van der Waals surface area (Å²) in [6.07, 6.45) is 17.6. The number of nitrogens with one attached hydrogen (secondary N) is 2. The smallest absolute Gasteiger partial charge is 0.263 e. The molecule has 1 aliphatic rings. The van der Waals surface area contributed by atoms with Gasteiger partial charge in [0.15, 0.2) is 11.6 Å². The van der Waals surface area contributed by atoms with Gasteiger partial charge in [0.2, 0.25) is 17.7 Å². The zero-order chi connectivity index (χ0) is 28.6. The SMILES string of the molecule is COc1cnc(/C=C/CNC(=O)c2cccn(Cc3cccnc3)c2=O)nc1-n1nc(NC2=CC=CCC2)nc1N. The molecule has 4 N–H and O–H groups in total. The minimum absolute atomic E-state index is 0.0406. The second-order valence-electron chi connectivity index (χ2n) is 8.94. The number of amides is 1. The van der Waals surface area contributed by atoms with E-state index in [0.29, 0.717) is 29.9 Å². The lowest BCUT2D eigenvalue weighted by Crippen LogP contribution is -2.33. The molecule has 1 amide bonds. The Morgan fingerprint density at radius 3 is 2.90 bits per heavy atom. The van der Waals surface area contributed by atoms with Gasteiger partial charge in [-0.1, -0.05) is 24.3 Å². The number of carbonyl (C=O) groups excluding carboxylic acids is 1. The standard InChI is InChI=1S/C28H28N10O3/c1-41-22-17-32-23(34-24(22)38-27(29)35-28(36-38)33-20-9-3-2-4-10-20)12-6-14-31-25(39)21-11-7-15-37(26(21)40)18-19-8-5-13-30-16-19/h2-3,5-9,11-13,15-17H,4,10,14,18H2,1H3,(H,31,39)(H3,29,33,35,36)/b12-6+. The van der Waals surface area contributed by atoms with Crippen molar-refractivity contribution in [2.24, 2.45) is 0 Å². The van der Waals surface area contributed by atoms with Crippen LogP contribution in [0.2, 0.25) is 0 Å². The Morgan fingerprint density at radius 1 is 1.22 bits per heavy atom. The summed E-state index contributed by atoms with van der Waals surface area (Å²) >= 11 is 0. The van der Waals surface area contributed by atoms with Gasteiger partial charge in [0.1, 0.15) is 5.56 Å². The van der Waals surface area contributed by atoms with Gasteiger partial charge in [-0.25, -0.2) is 9.97 Å². The Hall–Kier alpha value is -5.59. The van der Waals surface area contributed by atoms with Crippen LogP contribution in [0.1, 0.15) is 34.6 Å². The molecule has 0 saturated heterocycles. The molecule has 1 aliphatic carbocycles. The second-order valence-corrected chi connectivity index (χ2v) is 8.94. The van der Waals surface area contributed by atoms with Crippen molar-refractivity contribution in [3.63, 3.8) is 0 Å². The van der Waals surface area contributed by atoms with Gasteiger partial charge in [-0.15, -0.1) is 5.10 Å². The van der Waals surface area contributed by atoms with Crippen LogP contribution < -0.4 is 26.7 Å². The number of rotatable bonds is 10. The van der Waals surface area contributed by atoms with Gasteiger partial charge >= 0.3 is 0 Å². The predicted octanol–water partition coefficient (Wildman–Crippen LogP) is 2.34. The van der Waals surface area contributed by atoms with Crippen molar-refractivity contribution in [2.45, 2.75) is 19.4 Å². The summed E-state index contributed by atoms with van der Waals surface area (Å²) < 4.78 is 8.24. The molecule has 0 aromatic carbocycles. The third-order valence-electron chi connectivity index (χ3n) is 6.08. The molecule has 208 valence electrons. The van der Waals surface area contributed by atoms with Crippen LogP contribution >= 0.6 is 0 Å². The Kier molecular flexibility index (Phi) is 8.24. The van der Waals surface area contributed by atoms with Gasteiger partial charge < -0.3 is 25.7 Å². The van der Waals surface area contributed by atoms with Gasteiger partial charge in [-0.2, -0.15) is 9.67 Å². The summed E-state index contributed by atoms with van der Waals surface area (Å²) in [5, 5.41) is 10.3. The number of nitrogen functional groups attached to an aromatic ring is 1. The maximum absolute atomic E-state index is 12.8. The van der Waals surface area contributed by atoms with Crippen LogP contribution in [0.25, 0.3) is 11.9 Å². The number of anilines is 2. The minimum atomic E-state index is -0.490. The first kappa shape index (κ1) is 27.0. The Balaban J connectivity index is 1.26. The number of allylic oxidation sites excluding steroid dienone is 4. The zero-order valence-corrected chi connectivity index (χ0v) is 22.3. The van der Waals surface area contributed by atoms with Crippen molar-refractivity contribution < 1.29 is 9.53 Å². The quantitative estimate of drug-likeness (QED) is 0.266. The maximum atomic E-state index is 12.8. The highest BCUT2D eigenvalue weighted by Crippen LogP contribution is 2.23. The topological polar surface area (TPSA) is 168 Å². The Morgan fingerprint density at radius 2 is 2.12 bits per heavy atom. The monoisotopic (exact) mass is 552 g/mol. The van der Waals surface area contributed by atoms with Gasteiger partial charge in [0.25, 0.3) is 11.5 Å². The van der Waals surface area contributed by atoms with Crippen LogP contribution in [-0.4, -0.2) is 53.8 Å². The molecule has 0 radical (unpaired) electrons. The molecule has 5 rings (SSSR count). The first-order chi connectivity index (χ1) is 20.0. The van der Waals surface area contributed by atoms with E-state index in [0.717, 1.165) is 24.1 Å². The first-order valence-electron chi connectivity index (χ1n) is 12.8. The van der Waals surface area contributed by atoms with Crippen molar-refractivity contribution in [2.75, 3.05) is 24.7 Å². The van der Waals surface area contributed by atoms with Gasteiger partial charge in [0.05, 0.1) is 19.9 Å². The summed E-state index contributed by atoms with van der Waals surface area (Å²) in [4.78, 5) is 42.7. The van der Waals surface area contributed by atoms with Crippen LogP contribution in [0.4, 0.5) is 11.9 Å². The summed E-state index contributed by atoms with van der Waals surface area (Å²) in [6.45, 7) is 0.456. The molecule has 41 heavy (non-hydrogen) atoms.